The minimum absolute atomic E-state index is 0.165. The number of ether oxygens (including phenoxy) is 1. The first-order chi connectivity index (χ1) is 15.9. The maximum atomic E-state index is 12.9. The highest BCUT2D eigenvalue weighted by molar-refractivity contribution is 6.08. The molecule has 0 bridgehead atoms. The Labute approximate surface area is 192 Å². The molecule has 1 saturated carbocycles. The van der Waals surface area contributed by atoms with Gasteiger partial charge in [0.25, 0.3) is 0 Å². The number of ketones is 1. The summed E-state index contributed by atoms with van der Waals surface area (Å²) in [7, 11) is 0. The van der Waals surface area contributed by atoms with Crippen LogP contribution in [0, 0.1) is 6.92 Å². The third-order valence-electron chi connectivity index (χ3n) is 6.58. The van der Waals surface area contributed by atoms with E-state index in [9.17, 15) is 9.90 Å². The van der Waals surface area contributed by atoms with Gasteiger partial charge >= 0.3 is 0 Å². The smallest absolute Gasteiger partial charge is 0.228 e. The van der Waals surface area contributed by atoms with Gasteiger partial charge in [0.05, 0.1) is 16.6 Å². The molecule has 1 aliphatic rings. The van der Waals surface area contributed by atoms with Gasteiger partial charge in [0.1, 0.15) is 5.75 Å². The zero-order chi connectivity index (χ0) is 23.0. The Morgan fingerprint density at radius 3 is 2.55 bits per heavy atom. The highest BCUT2D eigenvalue weighted by Gasteiger charge is 2.32. The molecule has 2 N–H and O–H groups in total. The summed E-state index contributed by atoms with van der Waals surface area (Å²) in [4.78, 5) is 24.9. The van der Waals surface area contributed by atoms with Crippen molar-refractivity contribution < 1.29 is 14.6 Å². The predicted octanol–water partition coefficient (Wildman–Crippen LogP) is 5.70. The minimum Gasteiger partial charge on any atom is -0.439 e. The SMILES string of the molecule is Cc1ccnc(Oc2ccc(C(=O)c3nc4ccccc4[nH]3)cc2)c1C1CCC(C)(O)CC1. The van der Waals surface area contributed by atoms with E-state index in [1.54, 1.807) is 30.5 Å². The Morgan fingerprint density at radius 2 is 1.82 bits per heavy atom. The second-order valence-electron chi connectivity index (χ2n) is 9.18. The number of carbonyl (C=O) groups excluding carboxylic acids is 1. The largest absolute Gasteiger partial charge is 0.439 e. The van der Waals surface area contributed by atoms with Crippen LogP contribution in [0.4, 0.5) is 0 Å². The predicted molar refractivity (Wildman–Crippen MR) is 127 cm³/mol. The van der Waals surface area contributed by atoms with Crippen molar-refractivity contribution in [2.24, 2.45) is 0 Å². The Hall–Kier alpha value is -3.51. The number of aliphatic hydroxyl groups is 1. The minimum atomic E-state index is -0.587. The number of fused-ring (bicyclic) bond motifs is 1. The number of benzene rings is 2. The summed E-state index contributed by atoms with van der Waals surface area (Å²) in [5.74, 6) is 1.68. The second-order valence-corrected chi connectivity index (χ2v) is 9.18. The zero-order valence-electron chi connectivity index (χ0n) is 18.8. The molecule has 6 nitrogen and oxygen atoms in total. The van der Waals surface area contributed by atoms with E-state index in [2.05, 4.69) is 21.9 Å². The molecule has 0 amide bonds. The zero-order valence-corrected chi connectivity index (χ0v) is 18.8. The number of imidazole rings is 1. The van der Waals surface area contributed by atoms with Crippen LogP contribution in [-0.2, 0) is 0 Å². The molecule has 0 unspecified atom stereocenters. The van der Waals surface area contributed by atoms with Gasteiger partial charge in [-0.2, -0.15) is 0 Å². The van der Waals surface area contributed by atoms with Gasteiger partial charge in [-0.25, -0.2) is 9.97 Å². The third kappa shape index (κ3) is 4.39. The summed E-state index contributed by atoms with van der Waals surface area (Å²) in [6, 6.07) is 16.7. The summed E-state index contributed by atoms with van der Waals surface area (Å²) in [5.41, 5.74) is 3.80. The number of H-pyrrole nitrogens is 1. The molecule has 1 aliphatic carbocycles. The molecule has 2 aromatic carbocycles. The monoisotopic (exact) mass is 441 g/mol. The van der Waals surface area contributed by atoms with Gasteiger partial charge in [0.2, 0.25) is 11.7 Å². The third-order valence-corrected chi connectivity index (χ3v) is 6.58. The van der Waals surface area contributed by atoms with Gasteiger partial charge in [-0.15, -0.1) is 0 Å². The first kappa shape index (κ1) is 21.3. The Bertz CT molecular complexity index is 1260. The molecule has 2 heterocycles. The lowest BCUT2D eigenvalue weighted by Gasteiger charge is -2.34. The molecule has 0 aliphatic heterocycles. The van der Waals surface area contributed by atoms with E-state index in [0.717, 1.165) is 47.8 Å². The number of nitrogens with zero attached hydrogens (tertiary/aromatic N) is 2. The van der Waals surface area contributed by atoms with Crippen molar-refractivity contribution in [1.82, 2.24) is 15.0 Å². The van der Waals surface area contributed by atoms with Gasteiger partial charge in [-0.1, -0.05) is 12.1 Å². The van der Waals surface area contributed by atoms with E-state index in [1.807, 2.05) is 37.3 Å². The number of pyridine rings is 1. The van der Waals surface area contributed by atoms with Crippen LogP contribution < -0.4 is 4.74 Å². The van der Waals surface area contributed by atoms with Gasteiger partial charge in [-0.3, -0.25) is 4.79 Å². The second kappa shape index (κ2) is 8.45. The quantitative estimate of drug-likeness (QED) is 0.388. The topological polar surface area (TPSA) is 88.1 Å². The molecule has 2 aromatic heterocycles. The van der Waals surface area contributed by atoms with Gasteiger partial charge < -0.3 is 14.8 Å². The number of carbonyl (C=O) groups is 1. The number of para-hydroxylation sites is 2. The van der Waals surface area contributed by atoms with Crippen molar-refractivity contribution in [3.05, 3.63) is 83.3 Å². The molecule has 0 atom stereocenters. The molecule has 5 rings (SSSR count). The fourth-order valence-corrected chi connectivity index (χ4v) is 4.63. The van der Waals surface area contributed by atoms with Gasteiger partial charge in [0, 0.05) is 17.3 Å². The Morgan fingerprint density at radius 1 is 1.09 bits per heavy atom. The number of hydrogen-bond donors (Lipinski definition) is 2. The maximum absolute atomic E-state index is 12.9. The van der Waals surface area contributed by atoms with Crippen molar-refractivity contribution in [1.29, 1.82) is 0 Å². The average Bonchev–Trinajstić information content (AvgIpc) is 3.24. The summed E-state index contributed by atoms with van der Waals surface area (Å²) in [6.07, 6.45) is 5.10. The number of aromatic amines is 1. The van der Waals surface area contributed by atoms with Crippen molar-refractivity contribution in [3.63, 3.8) is 0 Å². The van der Waals surface area contributed by atoms with E-state index < -0.39 is 5.60 Å². The molecule has 0 radical (unpaired) electrons. The van der Waals surface area contributed by atoms with Gasteiger partial charge in [-0.05, 0) is 93.5 Å². The Balaban J connectivity index is 1.35. The molecule has 168 valence electrons. The molecule has 0 spiro atoms. The van der Waals surface area contributed by atoms with Crippen LogP contribution in [0.15, 0.2) is 60.8 Å². The van der Waals surface area contributed by atoms with Crippen LogP contribution in [0.3, 0.4) is 0 Å². The lowest BCUT2D eigenvalue weighted by atomic mass is 9.76. The van der Waals surface area contributed by atoms with E-state index in [-0.39, 0.29) is 5.78 Å². The fraction of sp³-hybridized carbons (Fsp3) is 0.296. The van der Waals surface area contributed by atoms with Crippen molar-refractivity contribution >= 4 is 16.8 Å². The number of rotatable bonds is 5. The molecular weight excluding hydrogens is 414 g/mol. The standard InChI is InChI=1S/C27H27N3O3/c1-17-13-16-28-26(23(17)18-11-14-27(2,32)15-12-18)33-20-9-7-19(8-10-20)24(31)25-29-21-5-3-4-6-22(21)30-25/h3-10,13,16,18,32H,11-12,14-15H2,1-2H3,(H,29,30). The lowest BCUT2D eigenvalue weighted by Crippen LogP contribution is -2.30. The molecular formula is C27H27N3O3. The highest BCUT2D eigenvalue weighted by Crippen LogP contribution is 2.42. The number of aryl methyl sites for hydroxylation is 1. The van der Waals surface area contributed by atoms with Crippen LogP contribution in [0.2, 0.25) is 0 Å². The summed E-state index contributed by atoms with van der Waals surface area (Å²) in [6.45, 7) is 3.98. The summed E-state index contributed by atoms with van der Waals surface area (Å²) in [5, 5.41) is 10.3. The van der Waals surface area contributed by atoms with Crippen LogP contribution in [0.5, 0.6) is 11.6 Å². The van der Waals surface area contributed by atoms with Crippen LogP contribution in [0.1, 0.15) is 65.8 Å². The van der Waals surface area contributed by atoms with E-state index in [0.29, 0.717) is 28.9 Å². The lowest BCUT2D eigenvalue weighted by molar-refractivity contribution is 0.0169. The van der Waals surface area contributed by atoms with Crippen LogP contribution in [0.25, 0.3) is 11.0 Å². The first-order valence-electron chi connectivity index (χ1n) is 11.3. The molecule has 6 heteroatoms. The normalized spacial score (nSPS) is 20.6. The molecule has 33 heavy (non-hydrogen) atoms. The van der Waals surface area contributed by atoms with E-state index >= 15 is 0 Å². The van der Waals surface area contributed by atoms with Crippen molar-refractivity contribution in [3.8, 4) is 11.6 Å². The molecule has 1 fully saturated rings. The van der Waals surface area contributed by atoms with E-state index in [4.69, 9.17) is 4.74 Å². The number of hydrogen-bond acceptors (Lipinski definition) is 5. The average molecular weight is 442 g/mol. The summed E-state index contributed by atoms with van der Waals surface area (Å²) < 4.78 is 6.18. The van der Waals surface area contributed by atoms with Crippen LogP contribution >= 0.6 is 0 Å². The van der Waals surface area contributed by atoms with Crippen molar-refractivity contribution in [2.45, 2.75) is 51.0 Å². The fourth-order valence-electron chi connectivity index (χ4n) is 4.63. The van der Waals surface area contributed by atoms with Gasteiger partial charge in [0.15, 0.2) is 5.82 Å². The van der Waals surface area contributed by atoms with Crippen molar-refractivity contribution in [2.75, 3.05) is 0 Å². The number of aromatic nitrogens is 3. The maximum Gasteiger partial charge on any atom is 0.228 e. The molecule has 0 saturated heterocycles. The highest BCUT2D eigenvalue weighted by atomic mass is 16.5. The first-order valence-corrected chi connectivity index (χ1v) is 11.3. The molecule has 4 aromatic rings. The van der Waals surface area contributed by atoms with E-state index in [1.165, 1.54) is 0 Å². The summed E-state index contributed by atoms with van der Waals surface area (Å²) >= 11 is 0. The van der Waals surface area contributed by atoms with Crippen LogP contribution in [-0.4, -0.2) is 31.4 Å². The number of nitrogens with one attached hydrogen (secondary N) is 1. The Kier molecular flexibility index (Phi) is 5.46.